The lowest BCUT2D eigenvalue weighted by Crippen LogP contribution is -2.42. The Balaban J connectivity index is 0.00000625. The molecule has 0 radical (unpaired) electrons. The van der Waals surface area contributed by atoms with Gasteiger partial charge in [-0.1, -0.05) is 20.8 Å². The Hall–Kier alpha value is -1.04. The highest BCUT2D eigenvalue weighted by Gasteiger charge is 2.28. The SMILES string of the molecule is CCNC(=NCc1ncc(C(C)(C)C)o1)NCCN(C)CC(F)(F)F.I. The molecule has 0 aliphatic heterocycles. The summed E-state index contributed by atoms with van der Waals surface area (Å²) in [4.78, 5) is 9.76. The molecule has 0 bridgehead atoms. The van der Waals surface area contributed by atoms with Crippen LogP contribution in [0.25, 0.3) is 0 Å². The Labute approximate surface area is 170 Å². The van der Waals surface area contributed by atoms with Crippen molar-refractivity contribution in [2.75, 3.05) is 33.2 Å². The van der Waals surface area contributed by atoms with E-state index in [0.717, 1.165) is 5.76 Å². The first-order valence-electron chi connectivity index (χ1n) is 8.24. The lowest BCUT2D eigenvalue weighted by Gasteiger charge is -2.19. The van der Waals surface area contributed by atoms with Gasteiger partial charge in [-0.2, -0.15) is 13.2 Å². The molecule has 0 aromatic carbocycles. The minimum atomic E-state index is -4.19. The minimum Gasteiger partial charge on any atom is -0.443 e. The number of nitrogens with one attached hydrogen (secondary N) is 2. The summed E-state index contributed by atoms with van der Waals surface area (Å²) in [5.41, 5.74) is -0.124. The molecule has 0 unspecified atom stereocenters. The highest BCUT2D eigenvalue weighted by molar-refractivity contribution is 14.0. The van der Waals surface area contributed by atoms with Gasteiger partial charge in [0.1, 0.15) is 12.3 Å². The lowest BCUT2D eigenvalue weighted by molar-refractivity contribution is -0.142. The van der Waals surface area contributed by atoms with E-state index in [0.29, 0.717) is 24.9 Å². The van der Waals surface area contributed by atoms with Gasteiger partial charge in [0.15, 0.2) is 5.96 Å². The van der Waals surface area contributed by atoms with Crippen LogP contribution in [0.4, 0.5) is 13.2 Å². The van der Waals surface area contributed by atoms with Crippen LogP contribution in [0.5, 0.6) is 0 Å². The van der Waals surface area contributed by atoms with E-state index in [1.807, 2.05) is 27.7 Å². The molecule has 0 spiro atoms. The number of nitrogens with zero attached hydrogens (tertiary/aromatic N) is 3. The van der Waals surface area contributed by atoms with Crippen molar-refractivity contribution >= 4 is 29.9 Å². The Bertz CT molecular complexity index is 555. The topological polar surface area (TPSA) is 65.7 Å². The molecule has 0 aliphatic carbocycles. The van der Waals surface area contributed by atoms with Crippen LogP contribution in [0.1, 0.15) is 39.3 Å². The molecule has 1 heterocycles. The molecule has 2 N–H and O–H groups in total. The van der Waals surface area contributed by atoms with Crippen molar-refractivity contribution in [3.8, 4) is 0 Å². The average Bonchev–Trinajstić information content (AvgIpc) is 2.91. The van der Waals surface area contributed by atoms with E-state index in [9.17, 15) is 13.2 Å². The van der Waals surface area contributed by atoms with Gasteiger partial charge < -0.3 is 15.1 Å². The summed E-state index contributed by atoms with van der Waals surface area (Å²) in [7, 11) is 1.43. The maximum Gasteiger partial charge on any atom is 0.401 e. The van der Waals surface area contributed by atoms with Crippen LogP contribution in [-0.4, -0.2) is 55.2 Å². The Morgan fingerprint density at radius 2 is 1.92 bits per heavy atom. The van der Waals surface area contributed by atoms with Crippen LogP contribution in [0.2, 0.25) is 0 Å². The Kier molecular flexibility index (Phi) is 10.5. The van der Waals surface area contributed by atoms with E-state index in [-0.39, 0.29) is 42.5 Å². The van der Waals surface area contributed by atoms with Crippen LogP contribution in [0.15, 0.2) is 15.6 Å². The molecular weight excluding hydrogens is 462 g/mol. The summed E-state index contributed by atoms with van der Waals surface area (Å²) in [6.07, 6.45) is -2.50. The summed E-state index contributed by atoms with van der Waals surface area (Å²) >= 11 is 0. The van der Waals surface area contributed by atoms with Crippen molar-refractivity contribution in [3.05, 3.63) is 17.8 Å². The Morgan fingerprint density at radius 1 is 1.27 bits per heavy atom. The van der Waals surface area contributed by atoms with Crippen LogP contribution in [0, 0.1) is 0 Å². The summed E-state index contributed by atoms with van der Waals surface area (Å²) in [6, 6.07) is 0. The van der Waals surface area contributed by atoms with Crippen LogP contribution in [0.3, 0.4) is 0 Å². The second-order valence-electron chi connectivity index (χ2n) is 6.84. The first-order valence-corrected chi connectivity index (χ1v) is 8.24. The number of oxazole rings is 1. The first kappa shape index (κ1) is 25.0. The van der Waals surface area contributed by atoms with Gasteiger partial charge in [0.05, 0.1) is 12.7 Å². The van der Waals surface area contributed by atoms with Crippen molar-refractivity contribution < 1.29 is 17.6 Å². The molecule has 0 fully saturated rings. The number of alkyl halides is 3. The van der Waals surface area contributed by atoms with Gasteiger partial charge in [-0.05, 0) is 14.0 Å². The summed E-state index contributed by atoms with van der Waals surface area (Å²) in [5, 5.41) is 6.05. The molecule has 1 rings (SSSR count). The molecular formula is C16H29F3IN5O. The zero-order valence-electron chi connectivity index (χ0n) is 15.9. The fraction of sp³-hybridized carbons (Fsp3) is 0.750. The van der Waals surface area contributed by atoms with Gasteiger partial charge in [0.25, 0.3) is 0 Å². The molecule has 0 atom stereocenters. The zero-order chi connectivity index (χ0) is 19.1. The standard InChI is InChI=1S/C16H28F3N5O.HI/c1-6-20-14(21-7-8-24(5)11-16(17,18)19)23-10-13-22-9-12(25-13)15(2,3)4;/h9H,6-8,10-11H2,1-5H3,(H2,20,21,23);1H. The zero-order valence-corrected chi connectivity index (χ0v) is 18.2. The third kappa shape index (κ3) is 10.2. The normalized spacial score (nSPS) is 12.9. The molecule has 0 saturated carbocycles. The molecule has 6 nitrogen and oxygen atoms in total. The van der Waals surface area contributed by atoms with Crippen molar-refractivity contribution in [1.29, 1.82) is 0 Å². The maximum atomic E-state index is 12.3. The van der Waals surface area contributed by atoms with Gasteiger partial charge in [-0.15, -0.1) is 24.0 Å². The van der Waals surface area contributed by atoms with Crippen molar-refractivity contribution in [1.82, 2.24) is 20.5 Å². The molecule has 10 heteroatoms. The second kappa shape index (κ2) is 11.0. The predicted octanol–water partition coefficient (Wildman–Crippen LogP) is 3.14. The van der Waals surface area contributed by atoms with Crippen molar-refractivity contribution in [3.63, 3.8) is 0 Å². The fourth-order valence-electron chi connectivity index (χ4n) is 1.97. The molecule has 152 valence electrons. The predicted molar refractivity (Wildman–Crippen MR) is 107 cm³/mol. The number of aromatic nitrogens is 1. The van der Waals surface area contributed by atoms with Gasteiger partial charge in [-0.25, -0.2) is 9.98 Å². The van der Waals surface area contributed by atoms with E-state index in [4.69, 9.17) is 4.42 Å². The Morgan fingerprint density at radius 3 is 2.42 bits per heavy atom. The average molecular weight is 491 g/mol. The van der Waals surface area contributed by atoms with Gasteiger partial charge in [0.2, 0.25) is 5.89 Å². The highest BCUT2D eigenvalue weighted by Crippen LogP contribution is 2.22. The third-order valence-electron chi connectivity index (χ3n) is 3.24. The monoisotopic (exact) mass is 491 g/mol. The summed E-state index contributed by atoms with van der Waals surface area (Å²) < 4.78 is 42.5. The molecule has 0 amide bonds. The molecule has 26 heavy (non-hydrogen) atoms. The summed E-state index contributed by atoms with van der Waals surface area (Å²) in [5.74, 6) is 1.79. The van der Waals surface area contributed by atoms with E-state index < -0.39 is 12.7 Å². The number of guanidine groups is 1. The lowest BCUT2D eigenvalue weighted by atomic mass is 9.94. The maximum absolute atomic E-state index is 12.3. The smallest absolute Gasteiger partial charge is 0.401 e. The van der Waals surface area contributed by atoms with E-state index >= 15 is 0 Å². The van der Waals surface area contributed by atoms with Gasteiger partial charge in [-0.3, -0.25) is 4.90 Å². The van der Waals surface area contributed by atoms with Crippen molar-refractivity contribution in [2.45, 2.75) is 45.8 Å². The molecule has 1 aromatic heterocycles. The van der Waals surface area contributed by atoms with Crippen molar-refractivity contribution in [2.24, 2.45) is 4.99 Å². The summed E-state index contributed by atoms with van der Waals surface area (Å²) in [6.45, 7) is 8.56. The number of likely N-dealkylation sites (N-methyl/N-ethyl adjacent to an activating group) is 1. The highest BCUT2D eigenvalue weighted by atomic mass is 127. The number of aliphatic imine (C=N–C) groups is 1. The van der Waals surface area contributed by atoms with Crippen LogP contribution < -0.4 is 10.6 Å². The molecule has 1 aromatic rings. The fourth-order valence-corrected chi connectivity index (χ4v) is 1.97. The van der Waals surface area contributed by atoms with Gasteiger partial charge in [0, 0.05) is 25.0 Å². The molecule has 0 saturated heterocycles. The number of halogens is 4. The van der Waals surface area contributed by atoms with E-state index in [1.54, 1.807) is 6.20 Å². The van der Waals surface area contributed by atoms with Crippen LogP contribution in [-0.2, 0) is 12.0 Å². The van der Waals surface area contributed by atoms with Gasteiger partial charge >= 0.3 is 6.18 Å². The van der Waals surface area contributed by atoms with E-state index in [1.165, 1.54) is 11.9 Å². The molecule has 0 aliphatic rings. The third-order valence-corrected chi connectivity index (χ3v) is 3.24. The number of hydrogen-bond acceptors (Lipinski definition) is 4. The van der Waals surface area contributed by atoms with E-state index in [2.05, 4.69) is 20.6 Å². The second-order valence-corrected chi connectivity index (χ2v) is 6.84. The first-order chi connectivity index (χ1) is 11.5. The number of rotatable bonds is 7. The quantitative estimate of drug-likeness (QED) is 0.349. The largest absolute Gasteiger partial charge is 0.443 e. The minimum absolute atomic E-state index is 0. The number of hydrogen-bond donors (Lipinski definition) is 2. The van der Waals surface area contributed by atoms with Crippen LogP contribution >= 0.6 is 24.0 Å².